The van der Waals surface area contributed by atoms with Gasteiger partial charge in [-0.15, -0.1) is 0 Å². The van der Waals surface area contributed by atoms with Crippen molar-refractivity contribution in [3.8, 4) is 11.5 Å². The number of hydrazone groups is 1. The average Bonchev–Trinajstić information content (AvgIpc) is 2.76. The fourth-order valence-electron chi connectivity index (χ4n) is 2.44. The van der Waals surface area contributed by atoms with Crippen molar-refractivity contribution in [2.75, 3.05) is 6.61 Å². The Bertz CT molecular complexity index is 1050. The number of hydrogen-bond donors (Lipinski definition) is 1. The molecule has 0 aliphatic heterocycles. The molecule has 0 saturated carbocycles. The van der Waals surface area contributed by atoms with Gasteiger partial charge in [-0.3, -0.25) is 9.78 Å². The normalized spacial score (nSPS) is 10.6. The Balaban J connectivity index is 1.70. The second kappa shape index (κ2) is 10.2. The minimum atomic E-state index is -0.529. The number of pyridine rings is 1. The van der Waals surface area contributed by atoms with Crippen molar-refractivity contribution in [1.82, 2.24) is 10.4 Å². The molecule has 1 heterocycles. The lowest BCUT2D eigenvalue weighted by molar-refractivity contribution is 0.0728. The molecule has 3 rings (SSSR count). The minimum Gasteiger partial charge on any atom is -0.490 e. The Kier molecular flexibility index (Phi) is 7.13. The van der Waals surface area contributed by atoms with Gasteiger partial charge in [0.05, 0.1) is 18.4 Å². The van der Waals surface area contributed by atoms with Gasteiger partial charge in [0.2, 0.25) is 0 Å². The van der Waals surface area contributed by atoms with E-state index < -0.39 is 5.97 Å². The number of nitrogens with one attached hydrogen (secondary N) is 1. The molecular weight excluding hydrogens is 406 g/mol. The summed E-state index contributed by atoms with van der Waals surface area (Å²) in [5.41, 5.74) is 3.90. The molecule has 152 valence electrons. The standard InChI is InChI=1S/C22H18ClN3O4/c1-2-29-20-13-15(14-25-26-21(27)16-9-11-24-12-10-16)3-8-19(20)30-22(28)17-4-6-18(23)7-5-17/h3-14H,2H2,1H3,(H,26,27)/b25-14+. The van der Waals surface area contributed by atoms with Crippen molar-refractivity contribution >= 4 is 29.7 Å². The number of hydrogen-bond acceptors (Lipinski definition) is 6. The number of nitrogens with zero attached hydrogens (tertiary/aromatic N) is 2. The molecule has 0 fully saturated rings. The van der Waals surface area contributed by atoms with E-state index >= 15 is 0 Å². The number of ether oxygens (including phenoxy) is 2. The Hall–Kier alpha value is -3.71. The quantitative estimate of drug-likeness (QED) is 0.267. The van der Waals surface area contributed by atoms with E-state index in [9.17, 15) is 9.59 Å². The molecule has 0 spiro atoms. The molecule has 0 aliphatic rings. The van der Waals surface area contributed by atoms with Gasteiger partial charge in [0.25, 0.3) is 5.91 Å². The third-order valence-corrected chi connectivity index (χ3v) is 4.12. The molecule has 2 aromatic carbocycles. The summed E-state index contributed by atoms with van der Waals surface area (Å²) >= 11 is 5.84. The first-order chi connectivity index (χ1) is 14.6. The molecule has 3 aromatic rings. The number of halogens is 1. The number of rotatable bonds is 7. The molecule has 1 N–H and O–H groups in total. The molecule has 0 atom stereocenters. The summed E-state index contributed by atoms with van der Waals surface area (Å²) < 4.78 is 11.0. The molecule has 0 bridgehead atoms. The maximum Gasteiger partial charge on any atom is 0.343 e. The van der Waals surface area contributed by atoms with Crippen LogP contribution in [0.15, 0.2) is 72.1 Å². The lowest BCUT2D eigenvalue weighted by Crippen LogP contribution is -2.17. The molecule has 8 heteroatoms. The van der Waals surface area contributed by atoms with E-state index in [1.807, 2.05) is 6.92 Å². The van der Waals surface area contributed by atoms with Gasteiger partial charge in [0, 0.05) is 23.0 Å². The monoisotopic (exact) mass is 423 g/mol. The molecule has 30 heavy (non-hydrogen) atoms. The van der Waals surface area contributed by atoms with E-state index in [2.05, 4.69) is 15.5 Å². The van der Waals surface area contributed by atoms with E-state index in [-0.39, 0.29) is 11.7 Å². The van der Waals surface area contributed by atoms with Crippen molar-refractivity contribution in [2.45, 2.75) is 6.92 Å². The van der Waals surface area contributed by atoms with Gasteiger partial charge < -0.3 is 9.47 Å². The smallest absolute Gasteiger partial charge is 0.343 e. The fraction of sp³-hybridized carbons (Fsp3) is 0.0909. The predicted molar refractivity (Wildman–Crippen MR) is 113 cm³/mol. The maximum atomic E-state index is 12.3. The first kappa shape index (κ1) is 21.0. The van der Waals surface area contributed by atoms with Crippen LogP contribution in [0.3, 0.4) is 0 Å². The zero-order chi connectivity index (χ0) is 21.3. The Labute approximate surface area is 178 Å². The molecule has 1 amide bonds. The molecule has 0 aliphatic carbocycles. The van der Waals surface area contributed by atoms with Crippen molar-refractivity contribution in [3.05, 3.63) is 88.7 Å². The lowest BCUT2D eigenvalue weighted by Gasteiger charge is -2.11. The van der Waals surface area contributed by atoms with Crippen molar-refractivity contribution < 1.29 is 19.1 Å². The van der Waals surface area contributed by atoms with E-state index in [1.54, 1.807) is 54.6 Å². The number of aromatic nitrogens is 1. The van der Waals surface area contributed by atoms with Crippen LogP contribution in [0.5, 0.6) is 11.5 Å². The second-order valence-electron chi connectivity index (χ2n) is 5.97. The SMILES string of the molecule is CCOc1cc(/C=N/NC(=O)c2ccncc2)ccc1OC(=O)c1ccc(Cl)cc1. The van der Waals surface area contributed by atoms with Crippen LogP contribution < -0.4 is 14.9 Å². The molecular formula is C22H18ClN3O4. The predicted octanol–water partition coefficient (Wildman–Crippen LogP) is 4.12. The highest BCUT2D eigenvalue weighted by Gasteiger charge is 2.13. The van der Waals surface area contributed by atoms with Gasteiger partial charge >= 0.3 is 5.97 Å². The van der Waals surface area contributed by atoms with Gasteiger partial charge in [-0.1, -0.05) is 11.6 Å². The van der Waals surface area contributed by atoms with Gasteiger partial charge in [0.1, 0.15) is 0 Å². The van der Waals surface area contributed by atoms with Crippen LogP contribution in [0.1, 0.15) is 33.2 Å². The summed E-state index contributed by atoms with van der Waals surface area (Å²) in [6.07, 6.45) is 4.51. The molecule has 1 aromatic heterocycles. The van der Waals surface area contributed by atoms with Crippen LogP contribution in [-0.4, -0.2) is 29.7 Å². The van der Waals surface area contributed by atoms with E-state index in [4.69, 9.17) is 21.1 Å². The third kappa shape index (κ3) is 5.65. The number of amides is 1. The summed E-state index contributed by atoms with van der Waals surface area (Å²) in [5, 5.41) is 4.47. The van der Waals surface area contributed by atoms with E-state index in [1.165, 1.54) is 18.6 Å². The summed E-state index contributed by atoms with van der Waals surface area (Å²) in [4.78, 5) is 28.2. The fourth-order valence-corrected chi connectivity index (χ4v) is 2.56. The average molecular weight is 424 g/mol. The summed E-state index contributed by atoms with van der Waals surface area (Å²) in [6.45, 7) is 2.20. The van der Waals surface area contributed by atoms with Gasteiger partial charge in [-0.05, 0) is 67.1 Å². The van der Waals surface area contributed by atoms with Crippen molar-refractivity contribution in [3.63, 3.8) is 0 Å². The summed E-state index contributed by atoms with van der Waals surface area (Å²) in [7, 11) is 0. The summed E-state index contributed by atoms with van der Waals surface area (Å²) in [5.74, 6) is -0.232. The Morgan fingerprint density at radius 1 is 1.03 bits per heavy atom. The van der Waals surface area contributed by atoms with E-state index in [0.717, 1.165) is 0 Å². The van der Waals surface area contributed by atoms with Crippen LogP contribution in [0.4, 0.5) is 0 Å². The molecule has 0 saturated heterocycles. The van der Waals surface area contributed by atoms with Crippen LogP contribution in [-0.2, 0) is 0 Å². The Morgan fingerprint density at radius 2 is 1.77 bits per heavy atom. The van der Waals surface area contributed by atoms with Crippen molar-refractivity contribution in [1.29, 1.82) is 0 Å². The highest BCUT2D eigenvalue weighted by molar-refractivity contribution is 6.30. The largest absolute Gasteiger partial charge is 0.490 e. The van der Waals surface area contributed by atoms with Gasteiger partial charge in [0.15, 0.2) is 11.5 Å². The molecule has 0 unspecified atom stereocenters. The Morgan fingerprint density at radius 3 is 2.47 bits per heavy atom. The zero-order valence-corrected chi connectivity index (χ0v) is 16.8. The molecule has 0 radical (unpaired) electrons. The highest BCUT2D eigenvalue weighted by Crippen LogP contribution is 2.29. The van der Waals surface area contributed by atoms with Gasteiger partial charge in [-0.2, -0.15) is 5.10 Å². The zero-order valence-electron chi connectivity index (χ0n) is 16.0. The number of benzene rings is 2. The van der Waals surface area contributed by atoms with Crippen LogP contribution in [0.2, 0.25) is 5.02 Å². The third-order valence-electron chi connectivity index (χ3n) is 3.87. The van der Waals surface area contributed by atoms with E-state index in [0.29, 0.717) is 34.1 Å². The van der Waals surface area contributed by atoms with Crippen LogP contribution in [0.25, 0.3) is 0 Å². The van der Waals surface area contributed by atoms with Crippen LogP contribution in [0, 0.1) is 0 Å². The number of carbonyl (C=O) groups excluding carboxylic acids is 2. The lowest BCUT2D eigenvalue weighted by atomic mass is 10.2. The van der Waals surface area contributed by atoms with Crippen LogP contribution >= 0.6 is 11.6 Å². The molecule has 7 nitrogen and oxygen atoms in total. The van der Waals surface area contributed by atoms with Crippen molar-refractivity contribution in [2.24, 2.45) is 5.10 Å². The topological polar surface area (TPSA) is 89.9 Å². The summed E-state index contributed by atoms with van der Waals surface area (Å²) in [6, 6.07) is 14.5. The number of carbonyl (C=O) groups is 2. The highest BCUT2D eigenvalue weighted by atomic mass is 35.5. The first-order valence-corrected chi connectivity index (χ1v) is 9.42. The maximum absolute atomic E-state index is 12.3. The van der Waals surface area contributed by atoms with Gasteiger partial charge in [-0.25, -0.2) is 10.2 Å². The minimum absolute atomic E-state index is 0.273. The number of esters is 1. The second-order valence-corrected chi connectivity index (χ2v) is 6.41. The first-order valence-electron chi connectivity index (χ1n) is 9.05.